The zero-order valence-electron chi connectivity index (χ0n) is 12.6. The highest BCUT2D eigenvalue weighted by Gasteiger charge is 2.29. The third-order valence-corrected chi connectivity index (χ3v) is 5.02. The minimum absolute atomic E-state index is 0.173. The molecule has 1 saturated heterocycles. The molecule has 19 heavy (non-hydrogen) atoms. The van der Waals surface area contributed by atoms with Gasteiger partial charge in [-0.15, -0.1) is 11.8 Å². The molecular formula is C15H28N2OS. The van der Waals surface area contributed by atoms with Crippen molar-refractivity contribution in [1.82, 2.24) is 10.2 Å². The van der Waals surface area contributed by atoms with Crippen molar-refractivity contribution >= 4 is 17.7 Å². The molecule has 2 aliphatic rings. The first-order valence-electron chi connectivity index (χ1n) is 7.59. The van der Waals surface area contributed by atoms with Gasteiger partial charge >= 0.3 is 0 Å². The first kappa shape index (κ1) is 15.2. The highest BCUT2D eigenvalue weighted by molar-refractivity contribution is 8.01. The van der Waals surface area contributed by atoms with Crippen molar-refractivity contribution in [3.63, 3.8) is 0 Å². The molecule has 1 amide bonds. The Kier molecular flexibility index (Phi) is 5.18. The smallest absolute Gasteiger partial charge is 0.232 e. The van der Waals surface area contributed by atoms with Crippen LogP contribution in [0, 0.1) is 5.92 Å². The van der Waals surface area contributed by atoms with E-state index >= 15 is 0 Å². The molecular weight excluding hydrogens is 256 g/mol. The number of thioether (sulfide) groups is 1. The monoisotopic (exact) mass is 284 g/mol. The van der Waals surface area contributed by atoms with E-state index in [-0.39, 0.29) is 4.75 Å². The fourth-order valence-corrected chi connectivity index (χ4v) is 3.18. The highest BCUT2D eigenvalue weighted by Crippen LogP contribution is 2.30. The van der Waals surface area contributed by atoms with E-state index < -0.39 is 0 Å². The Morgan fingerprint density at radius 3 is 2.53 bits per heavy atom. The first-order valence-corrected chi connectivity index (χ1v) is 8.58. The van der Waals surface area contributed by atoms with Gasteiger partial charge in [0.15, 0.2) is 0 Å². The zero-order chi connectivity index (χ0) is 13.9. The van der Waals surface area contributed by atoms with Gasteiger partial charge in [0.25, 0.3) is 0 Å². The number of amides is 1. The summed E-state index contributed by atoms with van der Waals surface area (Å²) in [5.74, 6) is 1.74. The predicted octanol–water partition coefficient (Wildman–Crippen LogP) is 2.51. The average Bonchev–Trinajstić information content (AvgIpc) is 2.99. The summed E-state index contributed by atoms with van der Waals surface area (Å²) in [7, 11) is 0. The molecule has 2 rings (SSSR count). The van der Waals surface area contributed by atoms with Gasteiger partial charge in [-0.05, 0) is 38.1 Å². The zero-order valence-corrected chi connectivity index (χ0v) is 13.4. The summed E-state index contributed by atoms with van der Waals surface area (Å²) in [5.41, 5.74) is 0. The Bertz CT molecular complexity index is 304. The molecule has 0 aromatic heterocycles. The maximum absolute atomic E-state index is 12.4. The van der Waals surface area contributed by atoms with E-state index in [1.54, 1.807) is 11.8 Å². The molecule has 4 heteroatoms. The van der Waals surface area contributed by atoms with Crippen molar-refractivity contribution in [3.8, 4) is 0 Å². The van der Waals surface area contributed by atoms with Crippen LogP contribution < -0.4 is 5.32 Å². The fraction of sp³-hybridized carbons (Fsp3) is 0.933. The van der Waals surface area contributed by atoms with Crippen molar-refractivity contribution in [2.75, 3.05) is 25.4 Å². The van der Waals surface area contributed by atoms with E-state index in [2.05, 4.69) is 31.0 Å². The van der Waals surface area contributed by atoms with Crippen molar-refractivity contribution in [2.45, 2.75) is 57.2 Å². The maximum atomic E-state index is 12.4. The van der Waals surface area contributed by atoms with Crippen LogP contribution in [-0.2, 0) is 4.79 Å². The topological polar surface area (TPSA) is 32.3 Å². The number of hydrogen-bond acceptors (Lipinski definition) is 3. The number of carbonyl (C=O) groups is 1. The molecule has 0 radical (unpaired) electrons. The lowest BCUT2D eigenvalue weighted by atomic mass is 10.2. The van der Waals surface area contributed by atoms with Gasteiger partial charge in [-0.1, -0.05) is 20.8 Å². The first-order chi connectivity index (χ1) is 8.94. The summed E-state index contributed by atoms with van der Waals surface area (Å²) in [6, 6.07) is 0.530. The number of rotatable bonds is 6. The van der Waals surface area contributed by atoms with Crippen LogP contribution in [0.3, 0.4) is 0 Å². The Balaban J connectivity index is 1.82. The quantitative estimate of drug-likeness (QED) is 0.813. The molecule has 2 fully saturated rings. The van der Waals surface area contributed by atoms with Crippen LogP contribution >= 0.6 is 11.8 Å². The van der Waals surface area contributed by atoms with E-state index in [1.165, 1.54) is 25.7 Å². The summed E-state index contributed by atoms with van der Waals surface area (Å²) in [5, 5.41) is 3.51. The average molecular weight is 284 g/mol. The van der Waals surface area contributed by atoms with Gasteiger partial charge < -0.3 is 10.2 Å². The van der Waals surface area contributed by atoms with Crippen LogP contribution in [0.4, 0.5) is 0 Å². The molecule has 3 nitrogen and oxygen atoms in total. The number of hydrogen-bond donors (Lipinski definition) is 1. The van der Waals surface area contributed by atoms with Crippen LogP contribution in [0.1, 0.15) is 46.5 Å². The van der Waals surface area contributed by atoms with Gasteiger partial charge in [0.1, 0.15) is 0 Å². The van der Waals surface area contributed by atoms with Gasteiger partial charge in [-0.25, -0.2) is 0 Å². The normalized spacial score (nSPS) is 23.6. The van der Waals surface area contributed by atoms with Crippen LogP contribution in [-0.4, -0.2) is 47.0 Å². The van der Waals surface area contributed by atoms with Gasteiger partial charge in [0, 0.05) is 23.9 Å². The van der Waals surface area contributed by atoms with Gasteiger partial charge in [0.2, 0.25) is 5.91 Å². The lowest BCUT2D eigenvalue weighted by Gasteiger charge is -2.27. The van der Waals surface area contributed by atoms with Crippen molar-refractivity contribution in [3.05, 3.63) is 0 Å². The number of nitrogens with zero attached hydrogens (tertiary/aromatic N) is 1. The molecule has 1 saturated carbocycles. The largest absolute Gasteiger partial charge is 0.340 e. The Hall–Kier alpha value is -0.220. The fourth-order valence-electron chi connectivity index (χ4n) is 2.44. The van der Waals surface area contributed by atoms with Crippen LogP contribution in [0.5, 0.6) is 0 Å². The lowest BCUT2D eigenvalue weighted by molar-refractivity contribution is -0.129. The van der Waals surface area contributed by atoms with Crippen molar-refractivity contribution < 1.29 is 4.79 Å². The van der Waals surface area contributed by atoms with E-state index in [4.69, 9.17) is 0 Å². The van der Waals surface area contributed by atoms with E-state index in [9.17, 15) is 4.79 Å². The van der Waals surface area contributed by atoms with E-state index in [0.29, 0.717) is 17.7 Å². The minimum atomic E-state index is 0.173. The Morgan fingerprint density at radius 2 is 2.00 bits per heavy atom. The predicted molar refractivity (Wildman–Crippen MR) is 82.5 cm³/mol. The van der Waals surface area contributed by atoms with Gasteiger partial charge in [-0.2, -0.15) is 0 Å². The lowest BCUT2D eigenvalue weighted by Crippen LogP contribution is -2.43. The SMILES string of the molecule is CC(C)(C)SCC(=O)N(CC1CC1)CC1CCCN1. The number of nitrogens with one attached hydrogen (secondary N) is 1. The molecule has 1 N–H and O–H groups in total. The molecule has 1 heterocycles. The second kappa shape index (κ2) is 6.49. The molecule has 0 spiro atoms. The van der Waals surface area contributed by atoms with E-state index in [1.807, 2.05) is 0 Å². The minimum Gasteiger partial charge on any atom is -0.340 e. The second-order valence-electron chi connectivity index (χ2n) is 6.94. The number of carbonyl (C=O) groups excluding carboxylic acids is 1. The molecule has 1 atom stereocenters. The van der Waals surface area contributed by atoms with Crippen molar-refractivity contribution in [1.29, 1.82) is 0 Å². The standard InChI is InChI=1S/C15H28N2OS/c1-15(2,3)19-11-14(18)17(9-12-6-7-12)10-13-5-4-8-16-13/h12-13,16H,4-11H2,1-3H3. The maximum Gasteiger partial charge on any atom is 0.232 e. The Morgan fingerprint density at radius 1 is 1.26 bits per heavy atom. The summed E-state index contributed by atoms with van der Waals surface area (Å²) in [6.45, 7) is 9.55. The molecule has 1 aliphatic carbocycles. The molecule has 0 aromatic carbocycles. The van der Waals surface area contributed by atoms with Crippen LogP contribution in [0.15, 0.2) is 0 Å². The van der Waals surface area contributed by atoms with Gasteiger partial charge in [-0.3, -0.25) is 4.79 Å². The van der Waals surface area contributed by atoms with Crippen LogP contribution in [0.25, 0.3) is 0 Å². The third-order valence-electron chi connectivity index (χ3n) is 3.76. The molecule has 0 aromatic rings. The summed E-state index contributed by atoms with van der Waals surface area (Å²) >= 11 is 1.76. The van der Waals surface area contributed by atoms with Gasteiger partial charge in [0.05, 0.1) is 5.75 Å². The summed E-state index contributed by atoms with van der Waals surface area (Å²) in [4.78, 5) is 14.5. The molecule has 1 aliphatic heterocycles. The third kappa shape index (κ3) is 5.74. The Labute approximate surface area is 121 Å². The molecule has 110 valence electrons. The van der Waals surface area contributed by atoms with Crippen LogP contribution in [0.2, 0.25) is 0 Å². The second-order valence-corrected chi connectivity index (χ2v) is 8.74. The molecule has 0 bridgehead atoms. The highest BCUT2D eigenvalue weighted by atomic mass is 32.2. The summed E-state index contributed by atoms with van der Waals surface area (Å²) < 4.78 is 0.173. The van der Waals surface area contributed by atoms with E-state index in [0.717, 1.165) is 25.6 Å². The molecule has 1 unspecified atom stereocenters. The van der Waals surface area contributed by atoms with Crippen molar-refractivity contribution in [2.24, 2.45) is 5.92 Å². The summed E-state index contributed by atoms with van der Waals surface area (Å²) in [6.07, 6.45) is 5.11.